The minimum atomic E-state index is -1.00. The lowest BCUT2D eigenvalue weighted by molar-refractivity contribution is -0.153. The molecule has 0 radical (unpaired) electrons. The largest absolute Gasteiger partial charge is 0.462 e. The highest BCUT2D eigenvalue weighted by molar-refractivity contribution is 6.00. The van der Waals surface area contributed by atoms with Crippen LogP contribution in [0.2, 0.25) is 0 Å². The number of rotatable bonds is 3. The molecule has 1 fully saturated rings. The maximum absolute atomic E-state index is 14.0. The zero-order chi connectivity index (χ0) is 19.8. The number of hydrogen-bond acceptors (Lipinski definition) is 4. The van der Waals surface area contributed by atoms with Crippen molar-refractivity contribution < 1.29 is 23.1 Å². The lowest BCUT2D eigenvalue weighted by Crippen LogP contribution is -2.41. The SMILES string of the molecule is C=C1NC2=C(C(=O)CCC2)C(c2ccc(F)c(F)c2)C1C(=O)OC1CCCC1. The zero-order valence-corrected chi connectivity index (χ0v) is 15.6. The van der Waals surface area contributed by atoms with Gasteiger partial charge in [-0.25, -0.2) is 8.78 Å². The summed E-state index contributed by atoms with van der Waals surface area (Å²) < 4.78 is 33.2. The topological polar surface area (TPSA) is 55.4 Å². The van der Waals surface area contributed by atoms with Gasteiger partial charge >= 0.3 is 5.97 Å². The number of allylic oxidation sites excluding steroid dienone is 2. The summed E-state index contributed by atoms with van der Waals surface area (Å²) in [6, 6.07) is 3.54. The van der Waals surface area contributed by atoms with Crippen LogP contribution in [0.4, 0.5) is 8.78 Å². The van der Waals surface area contributed by atoms with E-state index in [0.717, 1.165) is 43.5 Å². The van der Waals surface area contributed by atoms with Crippen molar-refractivity contribution in [2.24, 2.45) is 5.92 Å². The summed E-state index contributed by atoms with van der Waals surface area (Å²) in [4.78, 5) is 25.8. The molecular weight excluding hydrogens is 364 g/mol. The average Bonchev–Trinajstić information content (AvgIpc) is 3.16. The van der Waals surface area contributed by atoms with Gasteiger partial charge in [0.25, 0.3) is 0 Å². The Morgan fingerprint density at radius 1 is 1.11 bits per heavy atom. The molecule has 0 amide bonds. The van der Waals surface area contributed by atoms with E-state index in [4.69, 9.17) is 4.74 Å². The van der Waals surface area contributed by atoms with Crippen LogP contribution in [0, 0.1) is 17.6 Å². The van der Waals surface area contributed by atoms with Crippen LogP contribution in [0.5, 0.6) is 0 Å². The fourth-order valence-electron chi connectivity index (χ4n) is 4.58. The van der Waals surface area contributed by atoms with Crippen LogP contribution in [-0.4, -0.2) is 17.9 Å². The molecule has 4 nitrogen and oxygen atoms in total. The predicted octanol–water partition coefficient (Wildman–Crippen LogP) is 4.27. The number of carbonyl (C=O) groups excluding carboxylic acids is 2. The summed E-state index contributed by atoms with van der Waals surface area (Å²) in [7, 11) is 0. The predicted molar refractivity (Wildman–Crippen MR) is 99.1 cm³/mol. The minimum Gasteiger partial charge on any atom is -0.462 e. The van der Waals surface area contributed by atoms with Crippen LogP contribution in [0.25, 0.3) is 0 Å². The lowest BCUT2D eigenvalue weighted by atomic mass is 9.71. The van der Waals surface area contributed by atoms with Gasteiger partial charge in [-0.2, -0.15) is 0 Å². The molecule has 1 N–H and O–H groups in total. The third kappa shape index (κ3) is 3.36. The van der Waals surface area contributed by atoms with Gasteiger partial charge < -0.3 is 10.1 Å². The molecule has 148 valence electrons. The van der Waals surface area contributed by atoms with Crippen molar-refractivity contribution in [3.63, 3.8) is 0 Å². The Balaban J connectivity index is 1.77. The maximum atomic E-state index is 14.0. The summed E-state index contributed by atoms with van der Waals surface area (Å²) in [6.45, 7) is 4.00. The lowest BCUT2D eigenvalue weighted by Gasteiger charge is -2.38. The molecule has 2 aliphatic carbocycles. The fraction of sp³-hybridized carbons (Fsp3) is 0.455. The Kier molecular flexibility index (Phi) is 5.04. The van der Waals surface area contributed by atoms with Gasteiger partial charge in [0.1, 0.15) is 12.0 Å². The van der Waals surface area contributed by atoms with Gasteiger partial charge in [-0.3, -0.25) is 9.59 Å². The molecule has 28 heavy (non-hydrogen) atoms. The Hall–Kier alpha value is -2.50. The second kappa shape index (κ2) is 7.49. The first-order valence-corrected chi connectivity index (χ1v) is 9.83. The van der Waals surface area contributed by atoms with Crippen LogP contribution >= 0.6 is 0 Å². The van der Waals surface area contributed by atoms with Crippen LogP contribution in [0.3, 0.4) is 0 Å². The maximum Gasteiger partial charge on any atom is 0.316 e. The summed E-state index contributed by atoms with van der Waals surface area (Å²) in [6.07, 6.45) is 5.28. The van der Waals surface area contributed by atoms with Gasteiger partial charge in [-0.05, 0) is 56.2 Å². The molecule has 0 spiro atoms. The second-order valence-corrected chi connectivity index (χ2v) is 7.79. The molecule has 1 aromatic rings. The van der Waals surface area contributed by atoms with E-state index in [1.54, 1.807) is 0 Å². The smallest absolute Gasteiger partial charge is 0.316 e. The molecule has 2 unspecified atom stereocenters. The highest BCUT2D eigenvalue weighted by Crippen LogP contribution is 2.45. The van der Waals surface area contributed by atoms with Gasteiger partial charge in [-0.15, -0.1) is 0 Å². The van der Waals surface area contributed by atoms with Crippen molar-refractivity contribution in [2.45, 2.75) is 57.0 Å². The van der Waals surface area contributed by atoms with Gasteiger partial charge in [0, 0.05) is 29.3 Å². The highest BCUT2D eigenvalue weighted by Gasteiger charge is 2.44. The molecule has 1 aromatic carbocycles. The average molecular weight is 387 g/mol. The van der Waals surface area contributed by atoms with Crippen molar-refractivity contribution in [1.82, 2.24) is 5.32 Å². The van der Waals surface area contributed by atoms with Crippen LogP contribution < -0.4 is 5.32 Å². The number of nitrogens with one attached hydrogen (secondary N) is 1. The Labute approximate surface area is 162 Å². The first-order valence-electron chi connectivity index (χ1n) is 9.83. The van der Waals surface area contributed by atoms with Crippen molar-refractivity contribution in [3.8, 4) is 0 Å². The number of ether oxygens (including phenoxy) is 1. The number of esters is 1. The normalized spacial score (nSPS) is 25.5. The van der Waals surface area contributed by atoms with Gasteiger partial charge in [-0.1, -0.05) is 12.6 Å². The van der Waals surface area contributed by atoms with E-state index < -0.39 is 29.4 Å². The summed E-state index contributed by atoms with van der Waals surface area (Å²) in [5.74, 6) is -4.09. The molecule has 0 saturated heterocycles. The van der Waals surface area contributed by atoms with E-state index in [1.165, 1.54) is 6.07 Å². The standard InChI is InChI=1S/C22H23F2NO3/c1-12-19(22(27)28-14-5-2-3-6-14)20(13-9-10-15(23)16(24)11-13)21-17(25-12)7-4-8-18(21)26/h9-11,14,19-20,25H,1-8H2. The van der Waals surface area contributed by atoms with Gasteiger partial charge in [0.2, 0.25) is 0 Å². The first-order chi connectivity index (χ1) is 13.5. The summed E-state index contributed by atoms with van der Waals surface area (Å²) >= 11 is 0. The van der Waals surface area contributed by atoms with Crippen molar-refractivity contribution in [2.75, 3.05) is 0 Å². The van der Waals surface area contributed by atoms with Crippen LogP contribution in [-0.2, 0) is 14.3 Å². The monoisotopic (exact) mass is 387 g/mol. The van der Waals surface area contributed by atoms with Crippen LogP contribution in [0.15, 0.2) is 41.7 Å². The Morgan fingerprint density at radius 2 is 1.86 bits per heavy atom. The number of ketones is 1. The molecular formula is C22H23F2NO3. The molecule has 1 saturated carbocycles. The third-order valence-corrected chi connectivity index (χ3v) is 5.93. The van der Waals surface area contributed by atoms with Gasteiger partial charge in [0.05, 0.1) is 0 Å². The van der Waals surface area contributed by atoms with Crippen molar-refractivity contribution in [1.29, 1.82) is 0 Å². The number of carbonyl (C=O) groups is 2. The molecule has 3 aliphatic rings. The molecule has 0 aromatic heterocycles. The van der Waals surface area contributed by atoms with E-state index in [9.17, 15) is 18.4 Å². The number of halogens is 2. The van der Waals surface area contributed by atoms with Crippen molar-refractivity contribution in [3.05, 3.63) is 58.9 Å². The Bertz CT molecular complexity index is 871. The molecule has 1 heterocycles. The van der Waals surface area contributed by atoms with E-state index in [0.29, 0.717) is 36.1 Å². The highest BCUT2D eigenvalue weighted by atomic mass is 19.2. The van der Waals surface area contributed by atoms with E-state index in [1.807, 2.05) is 0 Å². The van der Waals surface area contributed by atoms with E-state index in [-0.39, 0.29) is 11.9 Å². The van der Waals surface area contributed by atoms with Crippen LogP contribution in [0.1, 0.15) is 56.4 Å². The number of benzene rings is 1. The molecule has 6 heteroatoms. The first kappa shape index (κ1) is 18.8. The Morgan fingerprint density at radius 3 is 2.57 bits per heavy atom. The third-order valence-electron chi connectivity index (χ3n) is 5.93. The van der Waals surface area contributed by atoms with Gasteiger partial charge in [0.15, 0.2) is 17.4 Å². The fourth-order valence-corrected chi connectivity index (χ4v) is 4.58. The molecule has 2 atom stereocenters. The number of hydrogen-bond donors (Lipinski definition) is 1. The summed E-state index contributed by atoms with van der Waals surface area (Å²) in [5.41, 5.74) is 2.02. The quantitative estimate of drug-likeness (QED) is 0.787. The molecule has 0 bridgehead atoms. The molecule has 1 aliphatic heterocycles. The van der Waals surface area contributed by atoms with E-state index in [2.05, 4.69) is 11.9 Å². The summed E-state index contributed by atoms with van der Waals surface area (Å²) in [5, 5.41) is 3.13. The van der Waals surface area contributed by atoms with E-state index >= 15 is 0 Å². The molecule has 4 rings (SSSR count). The minimum absolute atomic E-state index is 0.0744. The number of Topliss-reactive ketones (excluding diaryl/α,β-unsaturated/α-hetero) is 1. The second-order valence-electron chi connectivity index (χ2n) is 7.79. The van der Waals surface area contributed by atoms with Crippen molar-refractivity contribution >= 4 is 11.8 Å². The zero-order valence-electron chi connectivity index (χ0n) is 15.6.